The Bertz CT molecular complexity index is 1130. The van der Waals surface area contributed by atoms with Gasteiger partial charge in [-0.15, -0.1) is 32.9 Å². The van der Waals surface area contributed by atoms with E-state index in [1.54, 1.807) is 34.4 Å². The first-order chi connectivity index (χ1) is 15.3. The SMILES string of the molecule is CCc1ccccc1-n1c(SCc2csc(-c3cccs3)n2)nnc1N1CCOCC1. The Hall–Kier alpha value is -2.20. The van der Waals surface area contributed by atoms with Gasteiger partial charge in [0.15, 0.2) is 5.16 Å². The van der Waals surface area contributed by atoms with E-state index in [1.807, 2.05) is 0 Å². The first-order valence-corrected chi connectivity index (χ1v) is 13.1. The first kappa shape index (κ1) is 20.7. The lowest BCUT2D eigenvalue weighted by molar-refractivity contribution is 0.122. The molecule has 1 saturated heterocycles. The molecule has 1 aromatic carbocycles. The van der Waals surface area contributed by atoms with Gasteiger partial charge < -0.3 is 9.64 Å². The standard InChI is InChI=1S/C22H23N5OS3/c1-2-16-6-3-4-7-18(16)27-21(26-9-11-28-12-10-26)24-25-22(27)31-15-17-14-30-20(23-17)19-8-5-13-29-19/h3-8,13-14H,2,9-12,15H2,1H3. The Kier molecular flexibility index (Phi) is 6.35. The summed E-state index contributed by atoms with van der Waals surface area (Å²) in [5.74, 6) is 1.65. The predicted octanol–water partition coefficient (Wildman–Crippen LogP) is 5.14. The van der Waals surface area contributed by atoms with Gasteiger partial charge in [0, 0.05) is 24.2 Å². The lowest BCUT2D eigenvalue weighted by Crippen LogP contribution is -2.38. The molecular weight excluding hydrogens is 446 g/mol. The molecule has 5 rings (SSSR count). The Labute approximate surface area is 193 Å². The number of para-hydroxylation sites is 1. The zero-order valence-electron chi connectivity index (χ0n) is 17.2. The molecule has 0 unspecified atom stereocenters. The van der Waals surface area contributed by atoms with Crippen LogP contribution in [0, 0.1) is 0 Å². The van der Waals surface area contributed by atoms with Crippen LogP contribution in [0.3, 0.4) is 0 Å². The Balaban J connectivity index is 1.45. The number of aromatic nitrogens is 4. The number of thiazole rings is 1. The van der Waals surface area contributed by atoms with Crippen molar-refractivity contribution in [1.29, 1.82) is 0 Å². The zero-order chi connectivity index (χ0) is 21.0. The lowest BCUT2D eigenvalue weighted by atomic mass is 10.1. The Morgan fingerprint density at radius 2 is 1.94 bits per heavy atom. The minimum absolute atomic E-state index is 0.717. The summed E-state index contributed by atoms with van der Waals surface area (Å²) in [6.45, 7) is 5.27. The number of hydrogen-bond donors (Lipinski definition) is 0. The number of morpholine rings is 1. The number of anilines is 1. The Morgan fingerprint density at radius 3 is 2.74 bits per heavy atom. The van der Waals surface area contributed by atoms with E-state index in [0.29, 0.717) is 0 Å². The molecule has 6 nitrogen and oxygen atoms in total. The van der Waals surface area contributed by atoms with Crippen LogP contribution in [0.25, 0.3) is 15.6 Å². The molecule has 1 fully saturated rings. The van der Waals surface area contributed by atoms with Crippen molar-refractivity contribution in [2.24, 2.45) is 0 Å². The van der Waals surface area contributed by atoms with E-state index in [-0.39, 0.29) is 0 Å². The fraction of sp³-hybridized carbons (Fsp3) is 0.318. The van der Waals surface area contributed by atoms with Gasteiger partial charge in [0.25, 0.3) is 0 Å². The van der Waals surface area contributed by atoms with Gasteiger partial charge in [-0.25, -0.2) is 4.98 Å². The second-order valence-electron chi connectivity index (χ2n) is 7.11. The maximum Gasteiger partial charge on any atom is 0.232 e. The van der Waals surface area contributed by atoms with Gasteiger partial charge in [-0.1, -0.05) is 43.0 Å². The molecule has 0 aliphatic carbocycles. The number of hydrogen-bond acceptors (Lipinski definition) is 8. The van der Waals surface area contributed by atoms with Crippen molar-refractivity contribution in [2.45, 2.75) is 24.3 Å². The minimum atomic E-state index is 0.717. The van der Waals surface area contributed by atoms with Crippen LogP contribution in [0.5, 0.6) is 0 Å². The average Bonchev–Trinajstić information content (AvgIpc) is 3.58. The summed E-state index contributed by atoms with van der Waals surface area (Å²) in [7, 11) is 0. The number of rotatable bonds is 7. The van der Waals surface area contributed by atoms with Gasteiger partial charge in [-0.3, -0.25) is 4.57 Å². The van der Waals surface area contributed by atoms with Crippen molar-refractivity contribution in [3.8, 4) is 15.6 Å². The number of thioether (sulfide) groups is 1. The highest BCUT2D eigenvalue weighted by Crippen LogP contribution is 2.33. The molecule has 4 heterocycles. The highest BCUT2D eigenvalue weighted by atomic mass is 32.2. The average molecular weight is 470 g/mol. The van der Waals surface area contributed by atoms with Crippen LogP contribution in [-0.2, 0) is 16.9 Å². The van der Waals surface area contributed by atoms with Crippen molar-refractivity contribution in [1.82, 2.24) is 19.7 Å². The van der Waals surface area contributed by atoms with Crippen LogP contribution < -0.4 is 4.90 Å². The highest BCUT2D eigenvalue weighted by Gasteiger charge is 2.23. The van der Waals surface area contributed by atoms with Crippen LogP contribution in [0.2, 0.25) is 0 Å². The number of ether oxygens (including phenoxy) is 1. The maximum atomic E-state index is 5.55. The van der Waals surface area contributed by atoms with E-state index < -0.39 is 0 Å². The van der Waals surface area contributed by atoms with Crippen LogP contribution in [0.1, 0.15) is 18.2 Å². The summed E-state index contributed by atoms with van der Waals surface area (Å²) in [5.41, 5.74) is 3.51. The first-order valence-electron chi connectivity index (χ1n) is 10.3. The van der Waals surface area contributed by atoms with E-state index in [4.69, 9.17) is 9.72 Å². The molecule has 0 N–H and O–H groups in total. The maximum absolute atomic E-state index is 5.55. The fourth-order valence-corrected chi connectivity index (χ4v) is 6.16. The molecule has 4 aromatic rings. The molecule has 0 amide bonds. The summed E-state index contributed by atoms with van der Waals surface area (Å²) in [5, 5.41) is 15.4. The second kappa shape index (κ2) is 9.52. The molecule has 0 atom stereocenters. The molecule has 9 heteroatoms. The second-order valence-corrected chi connectivity index (χ2v) is 9.86. The predicted molar refractivity (Wildman–Crippen MR) is 129 cm³/mol. The molecule has 0 bridgehead atoms. The number of aryl methyl sites for hydroxylation is 1. The van der Waals surface area contributed by atoms with Gasteiger partial charge in [-0.05, 0) is 29.5 Å². The third-order valence-corrected chi connectivity index (χ3v) is 8.05. The Morgan fingerprint density at radius 1 is 1.06 bits per heavy atom. The van der Waals surface area contributed by atoms with Crippen LogP contribution in [0.15, 0.2) is 52.3 Å². The van der Waals surface area contributed by atoms with Crippen molar-refractivity contribution in [3.05, 3.63) is 58.4 Å². The number of thiophene rings is 1. The van der Waals surface area contributed by atoms with E-state index in [0.717, 1.165) is 66.0 Å². The van der Waals surface area contributed by atoms with Crippen molar-refractivity contribution in [3.63, 3.8) is 0 Å². The van der Waals surface area contributed by atoms with E-state index in [1.165, 1.54) is 10.4 Å². The molecule has 1 aliphatic rings. The number of nitrogens with zero attached hydrogens (tertiary/aromatic N) is 5. The molecule has 31 heavy (non-hydrogen) atoms. The van der Waals surface area contributed by atoms with Crippen molar-refractivity contribution >= 4 is 40.4 Å². The smallest absolute Gasteiger partial charge is 0.232 e. The monoisotopic (exact) mass is 469 g/mol. The van der Waals surface area contributed by atoms with E-state index >= 15 is 0 Å². The van der Waals surface area contributed by atoms with Crippen LogP contribution in [0.4, 0.5) is 5.95 Å². The molecule has 3 aromatic heterocycles. The van der Waals surface area contributed by atoms with Crippen molar-refractivity contribution < 1.29 is 4.74 Å². The molecule has 160 valence electrons. The largest absolute Gasteiger partial charge is 0.378 e. The fourth-order valence-electron chi connectivity index (χ4n) is 3.59. The molecule has 0 spiro atoms. The van der Waals surface area contributed by atoms with Crippen LogP contribution in [-0.4, -0.2) is 46.1 Å². The summed E-state index contributed by atoms with van der Waals surface area (Å²) < 4.78 is 7.76. The third kappa shape index (κ3) is 4.41. The van der Waals surface area contributed by atoms with Crippen LogP contribution >= 0.6 is 34.4 Å². The highest BCUT2D eigenvalue weighted by molar-refractivity contribution is 7.98. The summed E-state index contributed by atoms with van der Waals surface area (Å²) in [6, 6.07) is 12.7. The van der Waals surface area contributed by atoms with Gasteiger partial charge in [0.2, 0.25) is 5.95 Å². The molecule has 0 radical (unpaired) electrons. The lowest BCUT2D eigenvalue weighted by Gasteiger charge is -2.28. The molecule has 0 saturated carbocycles. The normalized spacial score (nSPS) is 14.3. The third-order valence-electron chi connectivity index (χ3n) is 5.16. The zero-order valence-corrected chi connectivity index (χ0v) is 19.7. The topological polar surface area (TPSA) is 56.1 Å². The van der Waals surface area contributed by atoms with E-state index in [9.17, 15) is 0 Å². The van der Waals surface area contributed by atoms with E-state index in [2.05, 4.69) is 73.7 Å². The van der Waals surface area contributed by atoms with Gasteiger partial charge in [-0.2, -0.15) is 0 Å². The van der Waals surface area contributed by atoms with Gasteiger partial charge in [0.05, 0.1) is 29.5 Å². The van der Waals surface area contributed by atoms with Gasteiger partial charge in [0.1, 0.15) is 5.01 Å². The van der Waals surface area contributed by atoms with Gasteiger partial charge >= 0.3 is 0 Å². The minimum Gasteiger partial charge on any atom is -0.378 e. The summed E-state index contributed by atoms with van der Waals surface area (Å²) in [6.07, 6.45) is 0.956. The summed E-state index contributed by atoms with van der Waals surface area (Å²) in [4.78, 5) is 8.31. The quantitative estimate of drug-likeness (QED) is 0.349. The molecular formula is C22H23N5OS3. The molecule has 1 aliphatic heterocycles. The number of benzene rings is 1. The van der Waals surface area contributed by atoms with Crippen molar-refractivity contribution in [2.75, 3.05) is 31.2 Å². The summed E-state index contributed by atoms with van der Waals surface area (Å²) >= 11 is 5.11.